The Labute approximate surface area is 301 Å². The van der Waals surface area contributed by atoms with Gasteiger partial charge < -0.3 is 14.4 Å². The van der Waals surface area contributed by atoms with E-state index in [1.54, 1.807) is 0 Å². The standard InChI is InChI=1S/C43H33N3O2.Pt/c1-27-20-32(46-38-18-10-9-16-36(38)43(2,3)37-17-11-19-44-41(37)46)26-33(21-27)47-34-23-30(28-12-5-4-6-13-28)22-31(24-34)42-45-40-35-15-8-7-14-29(35)25-39(40)48-42;/h4-23,39-40H,25H2,1-3H3;/q-2;+2/t39-,40+;/m0./s1. The Morgan fingerprint density at radius 2 is 1.55 bits per heavy atom. The number of fused-ring (bicyclic) bond motifs is 5. The number of aliphatic imine (C=N–C) groups is 1. The molecule has 5 aromatic carbocycles. The minimum absolute atomic E-state index is 0. The Kier molecular flexibility index (Phi) is 7.76. The first-order chi connectivity index (χ1) is 23.4. The van der Waals surface area contributed by atoms with Gasteiger partial charge in [-0.15, -0.1) is 24.3 Å². The van der Waals surface area contributed by atoms with Gasteiger partial charge in [0.25, 0.3) is 0 Å². The Balaban J connectivity index is 0.00000348. The molecule has 2 atom stereocenters. The monoisotopic (exact) mass is 818 g/mol. The van der Waals surface area contributed by atoms with Crippen LogP contribution < -0.4 is 9.64 Å². The third kappa shape index (κ3) is 5.37. The van der Waals surface area contributed by atoms with Gasteiger partial charge in [0, 0.05) is 40.8 Å². The molecule has 3 heterocycles. The number of pyridine rings is 1. The molecule has 0 radical (unpaired) electrons. The summed E-state index contributed by atoms with van der Waals surface area (Å²) in [6, 6.07) is 46.9. The second kappa shape index (κ2) is 12.2. The summed E-state index contributed by atoms with van der Waals surface area (Å²) in [6.45, 7) is 6.60. The number of para-hydroxylation sites is 1. The molecule has 0 saturated carbocycles. The molecule has 49 heavy (non-hydrogen) atoms. The summed E-state index contributed by atoms with van der Waals surface area (Å²) in [4.78, 5) is 12.2. The first-order valence-corrected chi connectivity index (χ1v) is 16.4. The van der Waals surface area contributed by atoms with Gasteiger partial charge in [0.2, 0.25) is 0 Å². The maximum absolute atomic E-state index is 6.65. The molecule has 6 heteroatoms. The van der Waals surface area contributed by atoms with Gasteiger partial charge in [0.15, 0.2) is 0 Å². The van der Waals surface area contributed by atoms with E-state index < -0.39 is 0 Å². The zero-order valence-electron chi connectivity index (χ0n) is 27.4. The van der Waals surface area contributed by atoms with Crippen LogP contribution in [0.2, 0.25) is 0 Å². The van der Waals surface area contributed by atoms with Crippen molar-refractivity contribution in [2.45, 2.75) is 44.8 Å². The van der Waals surface area contributed by atoms with Gasteiger partial charge >= 0.3 is 21.1 Å². The van der Waals surface area contributed by atoms with Crippen molar-refractivity contribution in [3.63, 3.8) is 0 Å². The molecule has 0 unspecified atom stereocenters. The van der Waals surface area contributed by atoms with Crippen LogP contribution in [0, 0.1) is 19.1 Å². The SMILES string of the molecule is Cc1cc(Oc2[c-]c(C3=N[C@@H]4c5ccccc5C[C@@H]4O3)cc(-c3ccccc3)c2)[c-]c(N2c3ccccc3C(C)(C)c3cccnc32)c1.[Pt+2]. The molecule has 0 fully saturated rings. The van der Waals surface area contributed by atoms with E-state index in [1.807, 2.05) is 42.6 Å². The number of rotatable bonds is 5. The van der Waals surface area contributed by atoms with E-state index in [4.69, 9.17) is 19.5 Å². The van der Waals surface area contributed by atoms with Crippen LogP contribution in [0.3, 0.4) is 0 Å². The summed E-state index contributed by atoms with van der Waals surface area (Å²) in [5.41, 5.74) is 10.6. The molecular weight excluding hydrogens is 786 g/mol. The number of nitrogens with zero attached hydrogens (tertiary/aromatic N) is 3. The van der Waals surface area contributed by atoms with Gasteiger partial charge in [0.1, 0.15) is 23.9 Å². The van der Waals surface area contributed by atoms with Crippen LogP contribution in [-0.2, 0) is 37.6 Å². The largest absolute Gasteiger partial charge is 2.00 e. The molecule has 6 aromatic rings. The number of anilines is 3. The molecule has 5 nitrogen and oxygen atoms in total. The third-order valence-corrected chi connectivity index (χ3v) is 9.77. The van der Waals surface area contributed by atoms with Crippen LogP contribution in [0.1, 0.15) is 53.3 Å². The zero-order chi connectivity index (χ0) is 32.4. The molecular formula is C43H33N3O2Pt. The second-order valence-corrected chi connectivity index (χ2v) is 13.3. The van der Waals surface area contributed by atoms with E-state index >= 15 is 0 Å². The summed E-state index contributed by atoms with van der Waals surface area (Å²) in [6.07, 6.45) is 2.71. The van der Waals surface area contributed by atoms with Crippen LogP contribution in [0.15, 0.2) is 126 Å². The van der Waals surface area contributed by atoms with Crippen molar-refractivity contribution in [3.05, 3.63) is 167 Å². The summed E-state index contributed by atoms with van der Waals surface area (Å²) in [5.74, 6) is 2.67. The first kappa shape index (κ1) is 31.3. The Morgan fingerprint density at radius 1 is 0.796 bits per heavy atom. The summed E-state index contributed by atoms with van der Waals surface area (Å²) in [5, 5.41) is 0. The zero-order valence-corrected chi connectivity index (χ0v) is 29.7. The van der Waals surface area contributed by atoms with Crippen molar-refractivity contribution in [1.29, 1.82) is 0 Å². The number of hydrogen-bond donors (Lipinski definition) is 0. The molecule has 0 spiro atoms. The first-order valence-electron chi connectivity index (χ1n) is 16.4. The average molecular weight is 819 g/mol. The van der Waals surface area contributed by atoms with Crippen LogP contribution in [0.4, 0.5) is 17.2 Å². The van der Waals surface area contributed by atoms with Crippen LogP contribution in [0.5, 0.6) is 11.5 Å². The van der Waals surface area contributed by atoms with Gasteiger partial charge in [-0.05, 0) is 34.4 Å². The van der Waals surface area contributed by atoms with Crippen LogP contribution in [0.25, 0.3) is 11.1 Å². The summed E-state index contributed by atoms with van der Waals surface area (Å²) < 4.78 is 13.1. The number of ether oxygens (including phenoxy) is 2. The molecule has 0 bridgehead atoms. The van der Waals surface area contributed by atoms with E-state index in [0.717, 1.165) is 45.9 Å². The van der Waals surface area contributed by atoms with Gasteiger partial charge in [-0.3, -0.25) is 4.99 Å². The molecule has 242 valence electrons. The Hall–Kier alpha value is -4.99. The number of aryl methyl sites for hydroxylation is 1. The summed E-state index contributed by atoms with van der Waals surface area (Å²) >= 11 is 0. The molecule has 0 amide bonds. The van der Waals surface area contributed by atoms with E-state index in [0.29, 0.717) is 17.4 Å². The Bertz CT molecular complexity index is 2200. The van der Waals surface area contributed by atoms with Crippen molar-refractivity contribution in [3.8, 4) is 22.6 Å². The molecule has 1 aliphatic carbocycles. The molecule has 0 saturated heterocycles. The normalized spacial score (nSPS) is 17.9. The maximum Gasteiger partial charge on any atom is 2.00 e. The van der Waals surface area contributed by atoms with Crippen molar-refractivity contribution < 1.29 is 30.5 Å². The fraction of sp³-hybridized carbons (Fsp3) is 0.163. The predicted molar refractivity (Wildman–Crippen MR) is 190 cm³/mol. The number of aromatic nitrogens is 1. The maximum atomic E-state index is 6.65. The molecule has 9 rings (SSSR count). The van der Waals surface area contributed by atoms with Gasteiger partial charge in [-0.2, -0.15) is 5.56 Å². The van der Waals surface area contributed by atoms with Crippen LogP contribution in [-0.4, -0.2) is 17.0 Å². The average Bonchev–Trinajstić information content (AvgIpc) is 3.67. The topological polar surface area (TPSA) is 47.0 Å². The molecule has 3 aliphatic rings. The fourth-order valence-corrected chi connectivity index (χ4v) is 7.46. The summed E-state index contributed by atoms with van der Waals surface area (Å²) in [7, 11) is 0. The van der Waals surface area contributed by atoms with Gasteiger partial charge in [-0.25, -0.2) is 4.98 Å². The van der Waals surface area contributed by atoms with Crippen molar-refractivity contribution in [2.24, 2.45) is 4.99 Å². The predicted octanol–water partition coefficient (Wildman–Crippen LogP) is 10.00. The van der Waals surface area contributed by atoms with E-state index in [2.05, 4.69) is 117 Å². The van der Waals surface area contributed by atoms with E-state index in [1.165, 1.54) is 22.3 Å². The number of hydrogen-bond acceptors (Lipinski definition) is 5. The Morgan fingerprint density at radius 3 is 2.43 bits per heavy atom. The van der Waals surface area contributed by atoms with Crippen molar-refractivity contribution in [1.82, 2.24) is 4.98 Å². The fourth-order valence-electron chi connectivity index (χ4n) is 7.46. The molecule has 1 aromatic heterocycles. The molecule has 0 N–H and O–H groups in total. The third-order valence-electron chi connectivity index (χ3n) is 9.77. The van der Waals surface area contributed by atoms with Gasteiger partial charge in [-0.1, -0.05) is 129 Å². The van der Waals surface area contributed by atoms with Gasteiger partial charge in [0.05, 0.1) is 0 Å². The van der Waals surface area contributed by atoms with Crippen LogP contribution >= 0.6 is 0 Å². The molecule has 2 aliphatic heterocycles. The smallest absolute Gasteiger partial charge is 0.514 e. The van der Waals surface area contributed by atoms with Crippen molar-refractivity contribution >= 4 is 23.1 Å². The number of benzene rings is 5. The second-order valence-electron chi connectivity index (χ2n) is 13.3. The van der Waals surface area contributed by atoms with E-state index in [9.17, 15) is 0 Å². The van der Waals surface area contributed by atoms with E-state index in [-0.39, 0.29) is 38.6 Å². The van der Waals surface area contributed by atoms with Crippen molar-refractivity contribution in [2.75, 3.05) is 4.90 Å². The quantitative estimate of drug-likeness (QED) is 0.163. The minimum atomic E-state index is -0.200. The minimum Gasteiger partial charge on any atom is -0.514 e.